The van der Waals surface area contributed by atoms with Gasteiger partial charge in [-0.2, -0.15) is 0 Å². The maximum atomic E-state index is 11.4. The normalized spacial score (nSPS) is 15.9. The lowest BCUT2D eigenvalue weighted by Crippen LogP contribution is -2.09. The molecular formula is C14H17NO. The Morgan fingerprint density at radius 1 is 1.19 bits per heavy atom. The molecule has 0 fully saturated rings. The van der Waals surface area contributed by atoms with E-state index in [-0.39, 0.29) is 5.78 Å². The van der Waals surface area contributed by atoms with Gasteiger partial charge in [0.2, 0.25) is 0 Å². The van der Waals surface area contributed by atoms with Gasteiger partial charge < -0.3 is 4.90 Å². The lowest BCUT2D eigenvalue weighted by Gasteiger charge is -2.16. The number of carbonyl (C=O) groups excluding carboxylic acids is 1. The molecule has 0 heterocycles. The first-order valence-corrected chi connectivity index (χ1v) is 5.68. The van der Waals surface area contributed by atoms with Crippen LogP contribution in [0.2, 0.25) is 0 Å². The molecule has 1 aromatic carbocycles. The van der Waals surface area contributed by atoms with Crippen LogP contribution in [0.1, 0.15) is 24.8 Å². The number of anilines is 1. The molecule has 0 amide bonds. The Morgan fingerprint density at radius 2 is 2.00 bits per heavy atom. The maximum Gasteiger partial charge on any atom is 0.155 e. The first kappa shape index (κ1) is 10.9. The molecule has 0 aliphatic heterocycles. The van der Waals surface area contributed by atoms with E-state index >= 15 is 0 Å². The third kappa shape index (κ3) is 2.32. The number of rotatable bonds is 2. The molecule has 1 aromatic rings. The number of benzene rings is 1. The van der Waals surface area contributed by atoms with E-state index in [1.165, 1.54) is 16.8 Å². The fraction of sp³-hybridized carbons (Fsp3) is 0.357. The highest BCUT2D eigenvalue weighted by Gasteiger charge is 2.11. The predicted octanol–water partition coefficient (Wildman–Crippen LogP) is 2.89. The molecule has 84 valence electrons. The fourth-order valence-corrected chi connectivity index (χ4v) is 2.00. The minimum atomic E-state index is 0.261. The molecule has 0 N–H and O–H groups in total. The van der Waals surface area contributed by atoms with Crippen molar-refractivity contribution in [1.82, 2.24) is 0 Å². The number of allylic oxidation sites excluding steroid dienone is 2. The second kappa shape index (κ2) is 4.52. The Morgan fingerprint density at radius 3 is 2.69 bits per heavy atom. The van der Waals surface area contributed by atoms with E-state index in [0.717, 1.165) is 12.8 Å². The standard InChI is InChI=1S/C14H17NO/c1-15(2)13-7-3-5-11(9-13)12-6-4-8-14(16)10-12/h3,5,7,9-10H,4,6,8H2,1-2H3. The third-order valence-electron chi connectivity index (χ3n) is 2.94. The molecule has 0 saturated heterocycles. The number of hydrogen-bond donors (Lipinski definition) is 0. The van der Waals surface area contributed by atoms with Crippen LogP contribution < -0.4 is 4.90 Å². The molecule has 16 heavy (non-hydrogen) atoms. The van der Waals surface area contributed by atoms with Crippen LogP contribution in [0.25, 0.3) is 5.57 Å². The Balaban J connectivity index is 2.33. The smallest absolute Gasteiger partial charge is 0.155 e. The first-order chi connectivity index (χ1) is 7.66. The van der Waals surface area contributed by atoms with Gasteiger partial charge >= 0.3 is 0 Å². The second-order valence-corrected chi connectivity index (χ2v) is 4.43. The van der Waals surface area contributed by atoms with Crippen molar-refractivity contribution in [1.29, 1.82) is 0 Å². The van der Waals surface area contributed by atoms with Crippen molar-refractivity contribution < 1.29 is 4.79 Å². The molecule has 2 heteroatoms. The Labute approximate surface area is 96.6 Å². The van der Waals surface area contributed by atoms with Crippen molar-refractivity contribution in [3.8, 4) is 0 Å². The Hall–Kier alpha value is -1.57. The lowest BCUT2D eigenvalue weighted by atomic mass is 9.93. The summed E-state index contributed by atoms with van der Waals surface area (Å²) in [4.78, 5) is 13.5. The number of ketones is 1. The monoisotopic (exact) mass is 215 g/mol. The van der Waals surface area contributed by atoms with Crippen molar-refractivity contribution >= 4 is 17.0 Å². The van der Waals surface area contributed by atoms with Crippen LogP contribution >= 0.6 is 0 Å². The second-order valence-electron chi connectivity index (χ2n) is 4.43. The highest BCUT2D eigenvalue weighted by Crippen LogP contribution is 2.27. The van der Waals surface area contributed by atoms with Crippen LogP contribution in [0.15, 0.2) is 30.3 Å². The van der Waals surface area contributed by atoms with E-state index in [0.29, 0.717) is 6.42 Å². The molecule has 0 spiro atoms. The predicted molar refractivity (Wildman–Crippen MR) is 67.6 cm³/mol. The lowest BCUT2D eigenvalue weighted by molar-refractivity contribution is -0.114. The quantitative estimate of drug-likeness (QED) is 0.756. The summed E-state index contributed by atoms with van der Waals surface area (Å²) in [5.41, 5.74) is 3.54. The van der Waals surface area contributed by atoms with Gasteiger partial charge in [-0.15, -0.1) is 0 Å². The van der Waals surface area contributed by atoms with Gasteiger partial charge in [-0.3, -0.25) is 4.79 Å². The molecule has 0 bridgehead atoms. The summed E-state index contributed by atoms with van der Waals surface area (Å²) in [5, 5.41) is 0. The minimum absolute atomic E-state index is 0.261. The van der Waals surface area contributed by atoms with Crippen molar-refractivity contribution in [3.63, 3.8) is 0 Å². The number of carbonyl (C=O) groups is 1. The van der Waals surface area contributed by atoms with Gasteiger partial charge in [-0.05, 0) is 42.2 Å². The molecule has 0 radical (unpaired) electrons. The molecule has 0 atom stereocenters. The zero-order chi connectivity index (χ0) is 11.5. The summed E-state index contributed by atoms with van der Waals surface area (Å²) in [7, 11) is 4.05. The van der Waals surface area contributed by atoms with E-state index in [1.807, 2.05) is 20.2 Å². The van der Waals surface area contributed by atoms with Gasteiger partial charge in [0, 0.05) is 26.2 Å². The van der Waals surface area contributed by atoms with Gasteiger partial charge in [-0.25, -0.2) is 0 Å². The molecular weight excluding hydrogens is 198 g/mol. The average molecular weight is 215 g/mol. The van der Waals surface area contributed by atoms with E-state index in [1.54, 1.807) is 6.08 Å². The average Bonchev–Trinajstić information content (AvgIpc) is 2.29. The molecule has 2 nitrogen and oxygen atoms in total. The minimum Gasteiger partial charge on any atom is -0.378 e. The zero-order valence-electron chi connectivity index (χ0n) is 9.86. The summed E-state index contributed by atoms with van der Waals surface area (Å²) < 4.78 is 0. The van der Waals surface area contributed by atoms with Gasteiger partial charge in [0.05, 0.1) is 0 Å². The van der Waals surface area contributed by atoms with Gasteiger partial charge in [0.25, 0.3) is 0 Å². The molecule has 2 rings (SSSR count). The van der Waals surface area contributed by atoms with Crippen molar-refractivity contribution in [2.45, 2.75) is 19.3 Å². The molecule has 0 aromatic heterocycles. The van der Waals surface area contributed by atoms with Crippen LogP contribution in [-0.4, -0.2) is 19.9 Å². The van der Waals surface area contributed by atoms with Crippen LogP contribution in [0, 0.1) is 0 Å². The zero-order valence-corrected chi connectivity index (χ0v) is 9.86. The summed E-state index contributed by atoms with van der Waals surface area (Å²) >= 11 is 0. The maximum absolute atomic E-state index is 11.4. The number of hydrogen-bond acceptors (Lipinski definition) is 2. The Kier molecular flexibility index (Phi) is 3.09. The fourth-order valence-electron chi connectivity index (χ4n) is 2.00. The van der Waals surface area contributed by atoms with Gasteiger partial charge in [0.15, 0.2) is 5.78 Å². The first-order valence-electron chi connectivity index (χ1n) is 5.68. The molecule has 1 aliphatic rings. The Bertz CT molecular complexity index is 432. The van der Waals surface area contributed by atoms with E-state index in [9.17, 15) is 4.79 Å². The van der Waals surface area contributed by atoms with Crippen LogP contribution in [0.3, 0.4) is 0 Å². The van der Waals surface area contributed by atoms with E-state index in [2.05, 4.69) is 23.1 Å². The summed E-state index contributed by atoms with van der Waals surface area (Å²) in [6.07, 6.45) is 4.51. The highest BCUT2D eigenvalue weighted by atomic mass is 16.1. The topological polar surface area (TPSA) is 20.3 Å². The molecule has 0 saturated carbocycles. The van der Waals surface area contributed by atoms with Crippen LogP contribution in [0.4, 0.5) is 5.69 Å². The highest BCUT2D eigenvalue weighted by molar-refractivity contribution is 5.98. The number of nitrogens with zero attached hydrogens (tertiary/aromatic N) is 1. The summed E-state index contributed by atoms with van der Waals surface area (Å²) in [5.74, 6) is 0.261. The molecule has 1 aliphatic carbocycles. The van der Waals surface area contributed by atoms with Crippen molar-refractivity contribution in [3.05, 3.63) is 35.9 Å². The third-order valence-corrected chi connectivity index (χ3v) is 2.94. The summed E-state index contributed by atoms with van der Waals surface area (Å²) in [6.45, 7) is 0. The molecule has 0 unspecified atom stereocenters. The van der Waals surface area contributed by atoms with Crippen LogP contribution in [-0.2, 0) is 4.79 Å². The van der Waals surface area contributed by atoms with Crippen molar-refractivity contribution in [2.75, 3.05) is 19.0 Å². The largest absolute Gasteiger partial charge is 0.378 e. The van der Waals surface area contributed by atoms with Crippen molar-refractivity contribution in [2.24, 2.45) is 0 Å². The van der Waals surface area contributed by atoms with E-state index < -0.39 is 0 Å². The van der Waals surface area contributed by atoms with E-state index in [4.69, 9.17) is 0 Å². The van der Waals surface area contributed by atoms with Crippen LogP contribution in [0.5, 0.6) is 0 Å². The van der Waals surface area contributed by atoms with Gasteiger partial charge in [-0.1, -0.05) is 12.1 Å². The summed E-state index contributed by atoms with van der Waals surface area (Å²) in [6, 6.07) is 8.35. The SMILES string of the molecule is CN(C)c1cccc(C2=CC(=O)CCC2)c1. The van der Waals surface area contributed by atoms with Gasteiger partial charge in [0.1, 0.15) is 0 Å².